The van der Waals surface area contributed by atoms with Gasteiger partial charge in [0.15, 0.2) is 0 Å². The molecule has 1 heterocycles. The quantitative estimate of drug-likeness (QED) is 0.646. The third-order valence-corrected chi connectivity index (χ3v) is 2.82. The fraction of sp³-hybridized carbons (Fsp3) is 0.471. The number of hydrogen-bond acceptors (Lipinski definition) is 4. The molecule has 0 bridgehead atoms. The van der Waals surface area contributed by atoms with E-state index in [1.807, 2.05) is 26.0 Å². The van der Waals surface area contributed by atoms with Crippen LogP contribution < -0.4 is 10.6 Å². The zero-order chi connectivity index (χ0) is 16.8. The van der Waals surface area contributed by atoms with E-state index in [1.54, 1.807) is 18.3 Å². The number of carbonyl (C=O) groups excluding carboxylic acids is 1. The van der Waals surface area contributed by atoms with Crippen molar-refractivity contribution in [2.45, 2.75) is 46.6 Å². The van der Waals surface area contributed by atoms with Gasteiger partial charge in [-0.05, 0) is 37.8 Å². The van der Waals surface area contributed by atoms with Gasteiger partial charge in [0.05, 0.1) is 0 Å². The Labute approximate surface area is 132 Å². The number of carbonyl (C=O) groups is 1. The minimum absolute atomic E-state index is 0.0210. The maximum Gasteiger partial charge on any atom is 0.263 e. The van der Waals surface area contributed by atoms with Gasteiger partial charge in [-0.2, -0.15) is 5.26 Å². The molecule has 1 aromatic heterocycles. The molecule has 0 saturated heterocycles. The lowest BCUT2D eigenvalue weighted by atomic mass is 9.81. The molecule has 0 aliphatic carbocycles. The Bertz CT molecular complexity index is 577. The van der Waals surface area contributed by atoms with Gasteiger partial charge in [0.1, 0.15) is 17.5 Å². The van der Waals surface area contributed by atoms with Gasteiger partial charge < -0.3 is 10.6 Å². The fourth-order valence-electron chi connectivity index (χ4n) is 2.49. The van der Waals surface area contributed by atoms with Crippen LogP contribution in [0.25, 0.3) is 0 Å². The molecule has 0 fully saturated rings. The van der Waals surface area contributed by atoms with Crippen LogP contribution in [0.4, 0.5) is 5.82 Å². The first-order valence-electron chi connectivity index (χ1n) is 7.23. The summed E-state index contributed by atoms with van der Waals surface area (Å²) in [5.74, 6) is 0.192. The molecule has 0 saturated carbocycles. The minimum atomic E-state index is -0.393. The largest absolute Gasteiger partial charge is 0.346 e. The van der Waals surface area contributed by atoms with E-state index in [1.165, 1.54) is 6.20 Å². The molecular formula is C17H24N4O. The molecule has 5 nitrogen and oxygen atoms in total. The van der Waals surface area contributed by atoms with Gasteiger partial charge in [-0.1, -0.05) is 26.8 Å². The third-order valence-electron chi connectivity index (χ3n) is 2.82. The standard InChI is InChI=1S/C17H24N4O/c1-16(2,3)12-17(4,5)21-15(22)13(10-18)11-20-14-8-6-7-9-19-14/h6-9,11H,12H2,1-5H3,(H,19,20)(H,21,22). The van der Waals surface area contributed by atoms with Gasteiger partial charge in [-0.3, -0.25) is 4.79 Å². The number of aromatic nitrogens is 1. The molecule has 1 aromatic rings. The van der Waals surface area contributed by atoms with Crippen molar-refractivity contribution in [1.82, 2.24) is 10.3 Å². The number of hydrogen-bond donors (Lipinski definition) is 2. The van der Waals surface area contributed by atoms with Gasteiger partial charge in [-0.15, -0.1) is 0 Å². The lowest BCUT2D eigenvalue weighted by Crippen LogP contribution is -2.46. The van der Waals surface area contributed by atoms with Crippen molar-refractivity contribution in [3.8, 4) is 6.07 Å². The molecule has 0 radical (unpaired) electrons. The molecule has 0 spiro atoms. The van der Waals surface area contributed by atoms with Crippen molar-refractivity contribution >= 4 is 11.7 Å². The second-order valence-electron chi connectivity index (χ2n) is 7.10. The van der Waals surface area contributed by atoms with Crippen LogP contribution in [-0.2, 0) is 4.79 Å². The van der Waals surface area contributed by atoms with E-state index in [9.17, 15) is 4.79 Å². The van der Waals surface area contributed by atoms with Crippen LogP contribution in [0, 0.1) is 16.7 Å². The summed E-state index contributed by atoms with van der Waals surface area (Å²) in [6.07, 6.45) is 3.82. The molecule has 0 atom stereocenters. The van der Waals surface area contributed by atoms with Gasteiger partial charge in [0.2, 0.25) is 0 Å². The maximum absolute atomic E-state index is 12.2. The highest BCUT2D eigenvalue weighted by Gasteiger charge is 2.28. The molecule has 5 heteroatoms. The number of amides is 1. The van der Waals surface area contributed by atoms with Crippen LogP contribution in [-0.4, -0.2) is 16.4 Å². The zero-order valence-electron chi connectivity index (χ0n) is 13.9. The molecule has 22 heavy (non-hydrogen) atoms. The molecule has 1 rings (SSSR count). The summed E-state index contributed by atoms with van der Waals surface area (Å²) in [6.45, 7) is 10.3. The van der Waals surface area contributed by atoms with E-state index in [0.29, 0.717) is 5.82 Å². The van der Waals surface area contributed by atoms with Crippen LogP contribution in [0.2, 0.25) is 0 Å². The van der Waals surface area contributed by atoms with E-state index in [2.05, 4.69) is 36.4 Å². The first kappa shape index (κ1) is 17.7. The molecule has 2 N–H and O–H groups in total. The summed E-state index contributed by atoms with van der Waals surface area (Å²) < 4.78 is 0. The Kier molecular flexibility index (Phi) is 5.69. The summed E-state index contributed by atoms with van der Waals surface area (Å²) in [5.41, 5.74) is -0.289. The van der Waals surface area contributed by atoms with Crippen LogP contribution >= 0.6 is 0 Å². The van der Waals surface area contributed by atoms with E-state index in [4.69, 9.17) is 5.26 Å². The normalized spacial score (nSPS) is 12.5. The van der Waals surface area contributed by atoms with E-state index in [-0.39, 0.29) is 16.9 Å². The molecule has 1 amide bonds. The van der Waals surface area contributed by atoms with Gasteiger partial charge in [0, 0.05) is 17.9 Å². The smallest absolute Gasteiger partial charge is 0.263 e. The summed E-state index contributed by atoms with van der Waals surface area (Å²) in [5, 5.41) is 14.9. The summed E-state index contributed by atoms with van der Waals surface area (Å²) in [7, 11) is 0. The highest BCUT2D eigenvalue weighted by atomic mass is 16.1. The molecule has 118 valence electrons. The van der Waals surface area contributed by atoms with E-state index >= 15 is 0 Å². The highest BCUT2D eigenvalue weighted by molar-refractivity contribution is 5.97. The van der Waals surface area contributed by atoms with Gasteiger partial charge >= 0.3 is 0 Å². The second kappa shape index (κ2) is 7.08. The number of rotatable bonds is 5. The summed E-state index contributed by atoms with van der Waals surface area (Å²) in [4.78, 5) is 16.3. The Morgan fingerprint density at radius 1 is 1.32 bits per heavy atom. The summed E-state index contributed by atoms with van der Waals surface area (Å²) >= 11 is 0. The predicted octanol–water partition coefficient (Wildman–Crippen LogP) is 3.23. The second-order valence-corrected chi connectivity index (χ2v) is 7.10. The number of nitriles is 1. The summed E-state index contributed by atoms with van der Waals surface area (Å²) in [6, 6.07) is 7.29. The maximum atomic E-state index is 12.2. The molecular weight excluding hydrogens is 276 g/mol. The fourth-order valence-corrected chi connectivity index (χ4v) is 2.49. The van der Waals surface area contributed by atoms with Crippen LogP contribution in [0.1, 0.15) is 41.0 Å². The van der Waals surface area contributed by atoms with Crippen molar-refractivity contribution in [2.75, 3.05) is 5.32 Å². The van der Waals surface area contributed by atoms with Gasteiger partial charge in [0.25, 0.3) is 5.91 Å². The van der Waals surface area contributed by atoms with Crippen molar-refractivity contribution in [1.29, 1.82) is 5.26 Å². The topological polar surface area (TPSA) is 77.8 Å². The lowest BCUT2D eigenvalue weighted by molar-refractivity contribution is -0.118. The highest BCUT2D eigenvalue weighted by Crippen LogP contribution is 2.26. The monoisotopic (exact) mass is 300 g/mol. The Morgan fingerprint density at radius 2 is 2.00 bits per heavy atom. The van der Waals surface area contributed by atoms with Crippen molar-refractivity contribution in [3.63, 3.8) is 0 Å². The lowest BCUT2D eigenvalue weighted by Gasteiger charge is -2.33. The zero-order valence-corrected chi connectivity index (χ0v) is 13.9. The first-order chi connectivity index (χ1) is 10.1. The Hall–Kier alpha value is -2.35. The van der Waals surface area contributed by atoms with E-state index in [0.717, 1.165) is 6.42 Å². The number of anilines is 1. The van der Waals surface area contributed by atoms with Crippen LogP contribution in [0.15, 0.2) is 36.2 Å². The SMILES string of the molecule is CC(C)(C)CC(C)(C)NC(=O)C(C#N)=CNc1ccccn1. The first-order valence-corrected chi connectivity index (χ1v) is 7.23. The minimum Gasteiger partial charge on any atom is -0.346 e. The molecule has 0 aromatic carbocycles. The Morgan fingerprint density at radius 3 is 2.50 bits per heavy atom. The van der Waals surface area contributed by atoms with E-state index < -0.39 is 5.54 Å². The number of nitrogens with one attached hydrogen (secondary N) is 2. The average Bonchev–Trinajstić information content (AvgIpc) is 2.37. The predicted molar refractivity (Wildman–Crippen MR) is 87.8 cm³/mol. The Balaban J connectivity index is 2.75. The van der Waals surface area contributed by atoms with Gasteiger partial charge in [-0.25, -0.2) is 4.98 Å². The number of nitrogens with zero attached hydrogens (tertiary/aromatic N) is 2. The molecule has 0 unspecified atom stereocenters. The number of pyridine rings is 1. The average molecular weight is 300 g/mol. The van der Waals surface area contributed by atoms with Crippen molar-refractivity contribution in [3.05, 3.63) is 36.2 Å². The van der Waals surface area contributed by atoms with Crippen LogP contribution in [0.3, 0.4) is 0 Å². The van der Waals surface area contributed by atoms with Crippen molar-refractivity contribution in [2.24, 2.45) is 5.41 Å². The molecule has 0 aliphatic rings. The van der Waals surface area contributed by atoms with Crippen molar-refractivity contribution < 1.29 is 4.79 Å². The third kappa shape index (κ3) is 6.40. The van der Waals surface area contributed by atoms with Crippen LogP contribution in [0.5, 0.6) is 0 Å². The molecule has 0 aliphatic heterocycles.